The molecule has 0 unspecified atom stereocenters. The van der Waals surface area contributed by atoms with Gasteiger partial charge in [0.2, 0.25) is 5.95 Å². The summed E-state index contributed by atoms with van der Waals surface area (Å²) in [7, 11) is 3.41. The van der Waals surface area contributed by atoms with Crippen LogP contribution in [0.2, 0.25) is 0 Å². The Kier molecular flexibility index (Phi) is 6.72. The van der Waals surface area contributed by atoms with E-state index in [1.54, 1.807) is 42.4 Å². The molecule has 8 heteroatoms. The number of anilines is 2. The van der Waals surface area contributed by atoms with Crippen molar-refractivity contribution in [1.29, 1.82) is 0 Å². The lowest BCUT2D eigenvalue weighted by Crippen LogP contribution is -2.03. The predicted molar refractivity (Wildman–Crippen MR) is 130 cm³/mol. The lowest BCUT2D eigenvalue weighted by atomic mass is 10.1. The van der Waals surface area contributed by atoms with Gasteiger partial charge in [0.15, 0.2) is 0 Å². The van der Waals surface area contributed by atoms with Gasteiger partial charge in [-0.25, -0.2) is 9.97 Å². The van der Waals surface area contributed by atoms with E-state index in [1.165, 1.54) is 25.9 Å². The Morgan fingerprint density at radius 2 is 1.94 bits per heavy atom. The molecule has 0 radical (unpaired) electrons. The van der Waals surface area contributed by atoms with Crippen LogP contribution in [-0.4, -0.2) is 45.1 Å². The fraction of sp³-hybridized carbons (Fsp3) is 0.240. The van der Waals surface area contributed by atoms with Crippen molar-refractivity contribution < 1.29 is 9.84 Å². The van der Waals surface area contributed by atoms with Crippen molar-refractivity contribution >= 4 is 22.5 Å². The first-order valence-corrected chi connectivity index (χ1v) is 10.7. The predicted octanol–water partition coefficient (Wildman–Crippen LogP) is 3.84. The first-order valence-electron chi connectivity index (χ1n) is 10.7. The highest BCUT2D eigenvalue weighted by atomic mass is 16.5. The van der Waals surface area contributed by atoms with E-state index in [4.69, 9.17) is 11.2 Å². The molecule has 5 rings (SSSR count). The summed E-state index contributed by atoms with van der Waals surface area (Å²) in [5.41, 5.74) is 3.71. The third-order valence-electron chi connectivity index (χ3n) is 5.20. The number of ether oxygens (including phenoxy) is 1. The number of hydrogen-bond donors (Lipinski definition) is 3. The quantitative estimate of drug-likeness (QED) is 0.413. The highest BCUT2D eigenvalue weighted by molar-refractivity contribution is 5.86. The second kappa shape index (κ2) is 10.0. The summed E-state index contributed by atoms with van der Waals surface area (Å²) in [5, 5.41) is 21.4. The number of benzene rings is 2. The summed E-state index contributed by atoms with van der Waals surface area (Å²) in [6, 6.07) is 8.76. The maximum Gasteiger partial charge on any atom is 0.227 e. The number of phenols is 1. The maximum absolute atomic E-state index is 10.1. The fourth-order valence-corrected chi connectivity index (χ4v) is 3.59. The van der Waals surface area contributed by atoms with Crippen LogP contribution in [0.1, 0.15) is 18.4 Å². The second-order valence-electron chi connectivity index (χ2n) is 7.71. The molecular weight excluding hydrogens is 416 g/mol. The number of nitrogens with one attached hydrogen (secondary N) is 2. The SMILES string of the molecule is C#Cc1cc(OC)c2nc(Nc3cc(O)cc(-c4cnn(C)c4)c3)ncc2c1.C1CCNC1. The minimum Gasteiger partial charge on any atom is -0.508 e. The average molecular weight is 443 g/mol. The number of terminal acetylenes is 1. The van der Waals surface area contributed by atoms with Crippen LogP contribution in [0.4, 0.5) is 11.6 Å². The Labute approximate surface area is 192 Å². The van der Waals surface area contributed by atoms with Crippen LogP contribution < -0.4 is 15.4 Å². The Morgan fingerprint density at radius 1 is 1.12 bits per heavy atom. The van der Waals surface area contributed by atoms with Gasteiger partial charge in [0, 0.05) is 47.7 Å². The summed E-state index contributed by atoms with van der Waals surface area (Å²) >= 11 is 0. The zero-order valence-electron chi connectivity index (χ0n) is 18.7. The topological polar surface area (TPSA) is 97.1 Å². The number of methoxy groups -OCH3 is 1. The zero-order chi connectivity index (χ0) is 23.2. The number of aryl methyl sites for hydroxylation is 1. The van der Waals surface area contributed by atoms with Gasteiger partial charge in [-0.2, -0.15) is 5.10 Å². The maximum atomic E-state index is 10.1. The van der Waals surface area contributed by atoms with Crippen molar-refractivity contribution in [3.63, 3.8) is 0 Å². The van der Waals surface area contributed by atoms with E-state index in [9.17, 15) is 5.11 Å². The molecule has 8 nitrogen and oxygen atoms in total. The Morgan fingerprint density at radius 3 is 2.58 bits per heavy atom. The molecule has 0 atom stereocenters. The number of nitrogens with zero attached hydrogens (tertiary/aromatic N) is 4. The largest absolute Gasteiger partial charge is 0.508 e. The number of hydrogen-bond acceptors (Lipinski definition) is 7. The summed E-state index contributed by atoms with van der Waals surface area (Å²) in [5.74, 6) is 3.67. The monoisotopic (exact) mass is 442 g/mol. The molecule has 0 bridgehead atoms. The van der Waals surface area contributed by atoms with Gasteiger partial charge in [0.1, 0.15) is 17.0 Å². The van der Waals surface area contributed by atoms with Gasteiger partial charge >= 0.3 is 0 Å². The molecule has 2 aromatic heterocycles. The van der Waals surface area contributed by atoms with E-state index < -0.39 is 0 Å². The lowest BCUT2D eigenvalue weighted by molar-refractivity contribution is 0.419. The van der Waals surface area contributed by atoms with Gasteiger partial charge in [-0.05, 0) is 55.8 Å². The van der Waals surface area contributed by atoms with Gasteiger partial charge in [-0.15, -0.1) is 6.42 Å². The molecule has 33 heavy (non-hydrogen) atoms. The van der Waals surface area contributed by atoms with E-state index in [0.29, 0.717) is 28.5 Å². The minimum atomic E-state index is 0.126. The number of aromatic hydroxyl groups is 1. The first kappa shape index (κ1) is 22.1. The molecule has 1 fully saturated rings. The summed E-state index contributed by atoms with van der Waals surface area (Å²) in [6.45, 7) is 2.50. The molecule has 1 saturated heterocycles. The third-order valence-corrected chi connectivity index (χ3v) is 5.20. The van der Waals surface area contributed by atoms with Crippen LogP contribution >= 0.6 is 0 Å². The van der Waals surface area contributed by atoms with Crippen LogP contribution in [0.25, 0.3) is 22.0 Å². The molecule has 4 aromatic rings. The standard InChI is InChI=1S/C21H17N5O2.C4H9N/c1-4-13-5-15-10-22-21(25-20(15)19(6-13)28-3)24-17-7-14(8-18(27)9-17)16-11-23-26(2)12-16;1-2-4-5-3-1/h1,5-12,27H,2-3H3,(H,22,24,25);5H,1-4H2. The summed E-state index contributed by atoms with van der Waals surface area (Å²) < 4.78 is 7.11. The smallest absolute Gasteiger partial charge is 0.227 e. The van der Waals surface area contributed by atoms with E-state index in [2.05, 4.69) is 31.6 Å². The number of fused-ring (bicyclic) bond motifs is 1. The molecule has 0 spiro atoms. The van der Waals surface area contributed by atoms with Gasteiger partial charge in [0.05, 0.1) is 13.3 Å². The summed E-state index contributed by atoms with van der Waals surface area (Å²) in [4.78, 5) is 8.88. The van der Waals surface area contributed by atoms with Gasteiger partial charge < -0.3 is 20.5 Å². The molecule has 0 aliphatic carbocycles. The van der Waals surface area contributed by atoms with Crippen molar-refractivity contribution in [2.24, 2.45) is 7.05 Å². The molecule has 1 aliphatic heterocycles. The molecule has 3 heterocycles. The molecule has 3 N–H and O–H groups in total. The van der Waals surface area contributed by atoms with Crippen molar-refractivity contribution in [2.75, 3.05) is 25.5 Å². The van der Waals surface area contributed by atoms with Gasteiger partial charge in [-0.3, -0.25) is 4.68 Å². The normalized spacial score (nSPS) is 12.6. The fourth-order valence-electron chi connectivity index (χ4n) is 3.59. The number of rotatable bonds is 4. The Hall–Kier alpha value is -4.09. The van der Waals surface area contributed by atoms with Crippen molar-refractivity contribution in [3.05, 3.63) is 54.5 Å². The second-order valence-corrected chi connectivity index (χ2v) is 7.71. The molecule has 168 valence electrons. The van der Waals surface area contributed by atoms with E-state index in [-0.39, 0.29) is 5.75 Å². The highest BCUT2D eigenvalue weighted by Crippen LogP contribution is 2.30. The zero-order valence-corrected chi connectivity index (χ0v) is 18.7. The van der Waals surface area contributed by atoms with Crippen LogP contribution in [0.5, 0.6) is 11.5 Å². The molecule has 0 saturated carbocycles. The van der Waals surface area contributed by atoms with Crippen molar-refractivity contribution in [1.82, 2.24) is 25.1 Å². The van der Waals surface area contributed by atoms with Gasteiger partial charge in [0.25, 0.3) is 0 Å². The molecule has 0 amide bonds. The third kappa shape index (κ3) is 5.40. The summed E-state index contributed by atoms with van der Waals surface area (Å²) in [6.07, 6.45) is 13.6. The van der Waals surface area contributed by atoms with Crippen molar-refractivity contribution in [3.8, 4) is 35.0 Å². The lowest BCUT2D eigenvalue weighted by Gasteiger charge is -2.10. The van der Waals surface area contributed by atoms with Crippen LogP contribution in [0.3, 0.4) is 0 Å². The first-order chi connectivity index (χ1) is 16.1. The van der Waals surface area contributed by atoms with Crippen LogP contribution in [0, 0.1) is 12.3 Å². The molecular formula is C25H26N6O2. The highest BCUT2D eigenvalue weighted by Gasteiger charge is 2.10. The van der Waals surface area contributed by atoms with E-state index >= 15 is 0 Å². The van der Waals surface area contributed by atoms with E-state index in [0.717, 1.165) is 16.5 Å². The average Bonchev–Trinajstić information content (AvgIpc) is 3.53. The van der Waals surface area contributed by atoms with Gasteiger partial charge in [-0.1, -0.05) is 5.92 Å². The minimum absolute atomic E-state index is 0.126. The Balaban J connectivity index is 0.000000459. The molecule has 2 aromatic carbocycles. The Bertz CT molecular complexity index is 1300. The number of phenolic OH excluding ortho intramolecular Hbond substituents is 1. The van der Waals surface area contributed by atoms with Crippen LogP contribution in [0.15, 0.2) is 48.9 Å². The van der Waals surface area contributed by atoms with Crippen LogP contribution in [-0.2, 0) is 7.05 Å². The molecule has 1 aliphatic rings. The number of aromatic nitrogens is 4. The van der Waals surface area contributed by atoms with Crippen molar-refractivity contribution in [2.45, 2.75) is 12.8 Å². The van der Waals surface area contributed by atoms with E-state index in [1.807, 2.05) is 25.4 Å².